The summed E-state index contributed by atoms with van der Waals surface area (Å²) in [5, 5.41) is 3.25. The first kappa shape index (κ1) is 28.0. The van der Waals surface area contributed by atoms with Crippen molar-refractivity contribution in [1.82, 2.24) is 4.57 Å². The number of carbonyl (C=O) groups is 2. The van der Waals surface area contributed by atoms with Gasteiger partial charge in [-0.15, -0.1) is 0 Å². The van der Waals surface area contributed by atoms with Gasteiger partial charge in [-0.05, 0) is 76.9 Å². The van der Waals surface area contributed by atoms with Crippen LogP contribution < -0.4 is 5.32 Å². The predicted molar refractivity (Wildman–Crippen MR) is 133 cm³/mol. The van der Waals surface area contributed by atoms with Gasteiger partial charge in [-0.25, -0.2) is 9.59 Å². The van der Waals surface area contributed by atoms with Crippen molar-refractivity contribution in [2.45, 2.75) is 72.1 Å². The van der Waals surface area contributed by atoms with E-state index in [0.29, 0.717) is 22.2 Å². The first-order valence-electron chi connectivity index (χ1n) is 11.6. The topological polar surface area (TPSA) is 78.8 Å². The van der Waals surface area contributed by atoms with Gasteiger partial charge in [0.25, 0.3) is 0 Å². The molecule has 0 atom stereocenters. The second kappa shape index (κ2) is 10.5. The van der Waals surface area contributed by atoms with Gasteiger partial charge in [0, 0.05) is 11.6 Å². The van der Waals surface area contributed by atoms with E-state index in [1.54, 1.807) is 59.7 Å². The molecule has 0 unspecified atom stereocenters. The van der Waals surface area contributed by atoms with Crippen LogP contribution in [0.5, 0.6) is 0 Å². The second-order valence-electron chi connectivity index (χ2n) is 10.6. The molecule has 0 aliphatic carbocycles. The molecule has 0 radical (unpaired) electrons. The molecule has 1 amide bonds. The number of amides is 1. The summed E-state index contributed by atoms with van der Waals surface area (Å²) in [4.78, 5) is 25.2. The molecule has 200 valence electrons. The number of hydrogen-bond acceptors (Lipinski definition) is 5. The number of aromatic nitrogens is 1. The fourth-order valence-corrected chi connectivity index (χ4v) is 3.42. The van der Waals surface area contributed by atoms with Crippen molar-refractivity contribution in [2.75, 3.05) is 5.32 Å². The Morgan fingerprint density at radius 1 is 0.838 bits per heavy atom. The molecule has 1 heterocycles. The Morgan fingerprint density at radius 2 is 1.41 bits per heavy atom. The summed E-state index contributed by atoms with van der Waals surface area (Å²) < 4.78 is 56.1. The maximum absolute atomic E-state index is 12.8. The van der Waals surface area contributed by atoms with Gasteiger partial charge < -0.3 is 14.2 Å². The average Bonchev–Trinajstić information content (AvgIpc) is 3.09. The molecule has 37 heavy (non-hydrogen) atoms. The summed E-state index contributed by atoms with van der Waals surface area (Å²) in [7, 11) is 0. The first-order valence-corrected chi connectivity index (χ1v) is 11.6. The van der Waals surface area contributed by atoms with Crippen LogP contribution in [-0.2, 0) is 33.6 Å². The van der Waals surface area contributed by atoms with E-state index in [0.717, 1.165) is 17.7 Å². The zero-order valence-corrected chi connectivity index (χ0v) is 21.7. The van der Waals surface area contributed by atoms with Crippen molar-refractivity contribution in [2.24, 2.45) is 0 Å². The zero-order chi connectivity index (χ0) is 27.6. The van der Waals surface area contributed by atoms with Crippen molar-refractivity contribution in [3.05, 3.63) is 65.4 Å². The van der Waals surface area contributed by atoms with E-state index in [1.165, 1.54) is 22.9 Å². The van der Waals surface area contributed by atoms with Crippen molar-refractivity contribution < 1.29 is 37.0 Å². The molecule has 3 aromatic rings. The Hall–Kier alpha value is -3.53. The first-order chi connectivity index (χ1) is 17.0. The minimum atomic E-state index is -4.39. The fraction of sp³-hybridized carbons (Fsp3) is 0.407. The van der Waals surface area contributed by atoms with Gasteiger partial charge >= 0.3 is 18.4 Å². The lowest BCUT2D eigenvalue weighted by atomic mass is 10.1. The molecule has 0 saturated carbocycles. The fourth-order valence-electron chi connectivity index (χ4n) is 3.42. The number of nitrogens with one attached hydrogen (secondary N) is 1. The van der Waals surface area contributed by atoms with Crippen LogP contribution in [0.3, 0.4) is 0 Å². The number of carbonyl (C=O) groups excluding carboxylic acids is 2. The highest BCUT2D eigenvalue weighted by Crippen LogP contribution is 2.30. The number of ether oxygens (including phenoxy) is 3. The highest BCUT2D eigenvalue weighted by molar-refractivity contribution is 6.03. The van der Waals surface area contributed by atoms with Crippen molar-refractivity contribution in [1.29, 1.82) is 0 Å². The molecule has 7 nitrogen and oxygen atoms in total. The van der Waals surface area contributed by atoms with Crippen LogP contribution in [0, 0.1) is 0 Å². The summed E-state index contributed by atoms with van der Waals surface area (Å²) in [6.45, 7) is 10.7. The second-order valence-corrected chi connectivity index (χ2v) is 10.6. The molecule has 0 saturated heterocycles. The number of alkyl halides is 3. The van der Waals surface area contributed by atoms with Crippen LogP contribution in [-0.4, -0.2) is 28.0 Å². The predicted octanol–water partition coefficient (Wildman–Crippen LogP) is 7.51. The summed E-state index contributed by atoms with van der Waals surface area (Å²) in [5.74, 6) is 0. The van der Waals surface area contributed by atoms with Gasteiger partial charge in [-0.2, -0.15) is 13.2 Å². The highest BCUT2D eigenvalue weighted by atomic mass is 19.4. The quantitative estimate of drug-likeness (QED) is 0.377. The van der Waals surface area contributed by atoms with E-state index in [9.17, 15) is 22.8 Å². The third-order valence-electron chi connectivity index (χ3n) is 4.91. The molecule has 0 aliphatic heterocycles. The number of hydrogen-bond donors (Lipinski definition) is 1. The van der Waals surface area contributed by atoms with Crippen molar-refractivity contribution in [3.63, 3.8) is 0 Å². The minimum absolute atomic E-state index is 0.109. The molecule has 1 N–H and O–H groups in total. The van der Waals surface area contributed by atoms with E-state index in [-0.39, 0.29) is 13.2 Å². The Morgan fingerprint density at radius 3 is 1.97 bits per heavy atom. The average molecular weight is 521 g/mol. The normalized spacial score (nSPS) is 12.5. The van der Waals surface area contributed by atoms with Crippen LogP contribution in [0.1, 0.15) is 58.2 Å². The molecule has 10 heteroatoms. The van der Waals surface area contributed by atoms with Crippen LogP contribution >= 0.6 is 0 Å². The maximum atomic E-state index is 12.8. The van der Waals surface area contributed by atoms with E-state index < -0.39 is 35.1 Å². The number of rotatable bonds is 5. The Bertz CT molecular complexity index is 1270. The largest absolute Gasteiger partial charge is 0.444 e. The third kappa shape index (κ3) is 7.98. The molecular weight excluding hydrogens is 489 g/mol. The number of fused-ring (bicyclic) bond motifs is 1. The Balaban J connectivity index is 1.82. The summed E-state index contributed by atoms with van der Waals surface area (Å²) in [6.07, 6.45) is -4.22. The Kier molecular flexibility index (Phi) is 7.92. The summed E-state index contributed by atoms with van der Waals surface area (Å²) >= 11 is 0. The molecule has 0 fully saturated rings. The molecular formula is C27H31F3N2O5. The van der Waals surface area contributed by atoms with Gasteiger partial charge in [-0.1, -0.05) is 18.2 Å². The van der Waals surface area contributed by atoms with Gasteiger partial charge in [0.05, 0.1) is 30.0 Å². The molecule has 0 bridgehead atoms. The Labute approximate surface area is 213 Å². The van der Waals surface area contributed by atoms with E-state index in [2.05, 4.69) is 5.32 Å². The van der Waals surface area contributed by atoms with Crippen LogP contribution in [0.2, 0.25) is 0 Å². The maximum Gasteiger partial charge on any atom is 0.419 e. The lowest BCUT2D eigenvalue weighted by Gasteiger charge is -2.20. The molecule has 3 rings (SSSR count). The zero-order valence-electron chi connectivity index (χ0n) is 21.7. The minimum Gasteiger partial charge on any atom is -0.444 e. The third-order valence-corrected chi connectivity index (χ3v) is 4.91. The summed E-state index contributed by atoms with van der Waals surface area (Å²) in [5.41, 5.74) is 0.0161. The van der Waals surface area contributed by atoms with E-state index in [4.69, 9.17) is 14.2 Å². The monoisotopic (exact) mass is 520 g/mol. The smallest absolute Gasteiger partial charge is 0.419 e. The van der Waals surface area contributed by atoms with Crippen molar-refractivity contribution >= 4 is 28.8 Å². The highest BCUT2D eigenvalue weighted by Gasteiger charge is 2.30. The van der Waals surface area contributed by atoms with Gasteiger partial charge in [0.15, 0.2) is 0 Å². The molecule has 1 aromatic heterocycles. The standard InChI is InChI=1S/C27H31F3N2O5/c1-25(2,3)36-23(33)31-21-14-32(24(34)37-26(4,5)6)22-12-9-18(13-20(21)22)16-35-15-17-7-10-19(11-8-17)27(28,29)30/h7-14H,15-16H2,1-6H3,(H,31,33). The lowest BCUT2D eigenvalue weighted by Crippen LogP contribution is -2.27. The van der Waals surface area contributed by atoms with E-state index >= 15 is 0 Å². The van der Waals surface area contributed by atoms with Gasteiger partial charge in [0.1, 0.15) is 11.2 Å². The summed E-state index contributed by atoms with van der Waals surface area (Å²) in [6, 6.07) is 9.99. The number of nitrogens with zero attached hydrogens (tertiary/aromatic N) is 1. The lowest BCUT2D eigenvalue weighted by molar-refractivity contribution is -0.137. The van der Waals surface area contributed by atoms with E-state index in [1.807, 2.05) is 0 Å². The number of anilines is 1. The van der Waals surface area contributed by atoms with Crippen LogP contribution in [0.25, 0.3) is 10.9 Å². The van der Waals surface area contributed by atoms with Crippen LogP contribution in [0.4, 0.5) is 28.4 Å². The van der Waals surface area contributed by atoms with Gasteiger partial charge in [-0.3, -0.25) is 9.88 Å². The molecule has 0 spiro atoms. The van der Waals surface area contributed by atoms with Crippen LogP contribution in [0.15, 0.2) is 48.7 Å². The molecule has 2 aromatic carbocycles. The molecule has 0 aliphatic rings. The van der Waals surface area contributed by atoms with Gasteiger partial charge in [0.2, 0.25) is 0 Å². The van der Waals surface area contributed by atoms with Crippen molar-refractivity contribution in [3.8, 4) is 0 Å². The number of halogens is 3. The SMILES string of the molecule is CC(C)(C)OC(=O)Nc1cn(C(=O)OC(C)(C)C)c2ccc(COCc3ccc(C(F)(F)F)cc3)cc12. The number of benzene rings is 2.